The van der Waals surface area contributed by atoms with E-state index in [0.29, 0.717) is 6.07 Å². The molecule has 1 aliphatic heterocycles. The van der Waals surface area contributed by atoms with Gasteiger partial charge in [-0.25, -0.2) is 22.5 Å². The van der Waals surface area contributed by atoms with Crippen LogP contribution in [0.3, 0.4) is 0 Å². The van der Waals surface area contributed by atoms with Gasteiger partial charge in [-0.3, -0.25) is 33.9 Å². The largest absolute Gasteiger partial charge is 0.465 e. The third-order valence-corrected chi connectivity index (χ3v) is 8.28. The Kier molecular flexibility index (Phi) is 11.8. The molecule has 2 aliphatic rings. The maximum absolute atomic E-state index is 15.0. The molecule has 2 aromatic carbocycles. The summed E-state index contributed by atoms with van der Waals surface area (Å²) < 4.78 is 62.2. The number of hydrogen-bond donors (Lipinski definition) is 1. The molecular weight excluding hydrogens is 684 g/mol. The van der Waals surface area contributed by atoms with Crippen molar-refractivity contribution in [2.45, 2.75) is 51.2 Å². The van der Waals surface area contributed by atoms with Gasteiger partial charge >= 0.3 is 5.97 Å². The summed E-state index contributed by atoms with van der Waals surface area (Å²) in [6, 6.07) is 8.06. The van der Waals surface area contributed by atoms with E-state index >= 15 is 0 Å². The smallest absolute Gasteiger partial charge is 0.320 e. The Hall–Kier alpha value is -5.07. The van der Waals surface area contributed by atoms with Crippen molar-refractivity contribution in [1.82, 2.24) is 15.2 Å². The van der Waals surface area contributed by atoms with Gasteiger partial charge in [0.05, 0.1) is 37.0 Å². The van der Waals surface area contributed by atoms with Crippen LogP contribution in [0.15, 0.2) is 60.8 Å². The number of rotatable bonds is 10. The number of ether oxygens (including phenoxy) is 1. The van der Waals surface area contributed by atoms with Gasteiger partial charge in [-0.1, -0.05) is 37.2 Å². The van der Waals surface area contributed by atoms with Gasteiger partial charge in [0.2, 0.25) is 11.8 Å². The van der Waals surface area contributed by atoms with Crippen LogP contribution in [0.25, 0.3) is 0 Å². The van der Waals surface area contributed by atoms with E-state index in [4.69, 9.17) is 16.3 Å². The third-order valence-electron chi connectivity index (χ3n) is 7.94. The van der Waals surface area contributed by atoms with Gasteiger partial charge in [0.15, 0.2) is 0 Å². The van der Waals surface area contributed by atoms with Gasteiger partial charge in [-0.15, -0.1) is 0 Å². The van der Waals surface area contributed by atoms with E-state index in [1.54, 1.807) is 6.92 Å². The van der Waals surface area contributed by atoms with E-state index in [9.17, 15) is 42.0 Å². The number of nitrogens with zero attached hydrogens (tertiary/aromatic N) is 5. The van der Waals surface area contributed by atoms with Crippen molar-refractivity contribution < 1.29 is 41.5 Å². The lowest BCUT2D eigenvalue weighted by atomic mass is 9.87. The van der Waals surface area contributed by atoms with Crippen molar-refractivity contribution >= 4 is 46.8 Å². The molecule has 50 heavy (non-hydrogen) atoms. The molecule has 3 amide bonds. The first-order valence-corrected chi connectivity index (χ1v) is 15.5. The summed E-state index contributed by atoms with van der Waals surface area (Å²) in [7, 11) is 0. The van der Waals surface area contributed by atoms with Crippen LogP contribution in [-0.2, 0) is 23.9 Å². The first-order valence-electron chi connectivity index (χ1n) is 15.1. The molecule has 1 saturated carbocycles. The number of nitriles is 1. The minimum Gasteiger partial charge on any atom is -0.465 e. The van der Waals surface area contributed by atoms with Gasteiger partial charge in [0, 0.05) is 48.3 Å². The summed E-state index contributed by atoms with van der Waals surface area (Å²) in [5, 5.41) is 12.0. The highest BCUT2D eigenvalue weighted by Crippen LogP contribution is 2.39. The normalized spacial score (nSPS) is 17.8. The Labute approximate surface area is 290 Å². The molecule has 1 saturated heterocycles. The number of esters is 1. The van der Waals surface area contributed by atoms with E-state index in [2.05, 4.69) is 10.3 Å². The lowest BCUT2D eigenvalue weighted by molar-refractivity contribution is -0.145. The van der Waals surface area contributed by atoms with Gasteiger partial charge in [0.1, 0.15) is 29.5 Å². The molecule has 5 rings (SSSR count). The monoisotopic (exact) mass is 716 g/mol. The molecule has 0 spiro atoms. The number of benzene rings is 2. The second kappa shape index (κ2) is 15.6. The van der Waals surface area contributed by atoms with Crippen molar-refractivity contribution in [1.29, 1.82) is 5.26 Å². The van der Waals surface area contributed by atoms with Crippen LogP contribution < -0.4 is 15.1 Å². The molecule has 11 nitrogen and oxygen atoms in total. The van der Waals surface area contributed by atoms with Crippen LogP contribution in [0.5, 0.6) is 0 Å². The van der Waals surface area contributed by atoms with Gasteiger partial charge in [0.25, 0.3) is 11.8 Å². The molecule has 2 heterocycles. The standard InChI is InChI=1S/C33H29ClF4N6O5.CH4/c1-2-49-29(46)18-42-16-26(44(28(45)17-42)27-9-19(15-39)7-8-40-27)32(48)43(23-11-20(35)10-21(36)12-23)30(24-5-3-4-6-25(24)34)31(47)41-22-13-33(37,38)14-22;/h3-12,22,26,30H,2,13-14,16-18H2,1H3,(H,41,47);1H4/t26-,30-;/m0./s1. The van der Waals surface area contributed by atoms with Crippen LogP contribution in [-0.4, -0.2) is 77.8 Å². The molecule has 2 fully saturated rings. The minimum absolute atomic E-state index is 0. The highest BCUT2D eigenvalue weighted by atomic mass is 35.5. The van der Waals surface area contributed by atoms with Gasteiger partial charge < -0.3 is 10.1 Å². The Morgan fingerprint density at radius 2 is 1.82 bits per heavy atom. The molecule has 16 heteroatoms. The molecule has 0 radical (unpaired) electrons. The molecule has 0 bridgehead atoms. The van der Waals surface area contributed by atoms with E-state index < -0.39 is 84.4 Å². The molecule has 1 aromatic heterocycles. The first-order chi connectivity index (χ1) is 23.3. The number of alkyl halides is 2. The summed E-state index contributed by atoms with van der Waals surface area (Å²) >= 11 is 6.52. The zero-order valence-electron chi connectivity index (χ0n) is 25.9. The Morgan fingerprint density at radius 3 is 2.44 bits per heavy atom. The van der Waals surface area contributed by atoms with Crippen LogP contribution in [0.4, 0.5) is 29.1 Å². The van der Waals surface area contributed by atoms with Crippen LogP contribution >= 0.6 is 11.6 Å². The third kappa shape index (κ3) is 8.38. The highest BCUT2D eigenvalue weighted by molar-refractivity contribution is 6.31. The molecular formula is C34H33ClF4N6O5. The first kappa shape index (κ1) is 37.7. The minimum atomic E-state index is -3.02. The topological polar surface area (TPSA) is 136 Å². The number of anilines is 2. The molecule has 3 aromatic rings. The predicted molar refractivity (Wildman–Crippen MR) is 174 cm³/mol. The quantitative estimate of drug-likeness (QED) is 0.234. The summed E-state index contributed by atoms with van der Waals surface area (Å²) in [5.41, 5.74) is -0.393. The number of nitrogens with one attached hydrogen (secondary N) is 1. The fraction of sp³-hybridized carbons (Fsp3) is 0.353. The molecule has 1 N–H and O–H groups in total. The fourth-order valence-electron chi connectivity index (χ4n) is 5.82. The average molecular weight is 717 g/mol. The SMILES string of the molecule is C.CCOC(=O)CN1CC(=O)N(c2cc(C#N)ccn2)[C@H](C(=O)N(c2cc(F)cc(F)c2)[C@H](C(=O)NC2CC(F)(F)C2)c2ccccc2Cl)C1. The molecule has 264 valence electrons. The zero-order valence-corrected chi connectivity index (χ0v) is 26.7. The number of aromatic nitrogens is 1. The molecule has 0 unspecified atom stereocenters. The van der Waals surface area contributed by atoms with E-state index in [1.807, 2.05) is 6.07 Å². The zero-order chi connectivity index (χ0) is 35.5. The Bertz CT molecular complexity index is 1800. The van der Waals surface area contributed by atoms with Crippen LogP contribution in [0.2, 0.25) is 5.02 Å². The van der Waals surface area contributed by atoms with Gasteiger partial charge in [-0.2, -0.15) is 5.26 Å². The maximum atomic E-state index is 15.0. The number of carbonyl (C=O) groups excluding carboxylic acids is 4. The van der Waals surface area contributed by atoms with Crippen LogP contribution in [0.1, 0.15) is 44.4 Å². The second-order valence-corrected chi connectivity index (χ2v) is 11.9. The summed E-state index contributed by atoms with van der Waals surface area (Å²) in [6.07, 6.45) is -0.113. The molecule has 1 aliphatic carbocycles. The Balaban J connectivity index is 0.00000562. The van der Waals surface area contributed by atoms with Crippen molar-refractivity contribution in [3.63, 3.8) is 0 Å². The number of pyridine rings is 1. The average Bonchev–Trinajstić information content (AvgIpc) is 3.02. The number of piperazine rings is 1. The fourth-order valence-corrected chi connectivity index (χ4v) is 6.06. The van der Waals surface area contributed by atoms with E-state index in [-0.39, 0.29) is 49.1 Å². The lowest BCUT2D eigenvalue weighted by Crippen LogP contribution is -2.64. The lowest BCUT2D eigenvalue weighted by Gasteiger charge is -2.43. The summed E-state index contributed by atoms with van der Waals surface area (Å²) in [4.78, 5) is 62.4. The molecule has 2 atom stereocenters. The van der Waals surface area contributed by atoms with Crippen molar-refractivity contribution in [3.05, 3.63) is 88.6 Å². The summed E-state index contributed by atoms with van der Waals surface area (Å²) in [6.45, 7) is 0.464. The number of hydrogen-bond acceptors (Lipinski definition) is 8. The summed E-state index contributed by atoms with van der Waals surface area (Å²) in [5.74, 6) is -8.88. The van der Waals surface area contributed by atoms with Crippen LogP contribution in [0, 0.1) is 23.0 Å². The number of halogens is 5. The van der Waals surface area contributed by atoms with Gasteiger partial charge in [-0.05, 0) is 37.3 Å². The predicted octanol–water partition coefficient (Wildman–Crippen LogP) is 4.79. The van der Waals surface area contributed by atoms with Crippen molar-refractivity contribution in [3.8, 4) is 6.07 Å². The second-order valence-electron chi connectivity index (χ2n) is 11.5. The maximum Gasteiger partial charge on any atom is 0.320 e. The van der Waals surface area contributed by atoms with Crippen molar-refractivity contribution in [2.24, 2.45) is 0 Å². The Morgan fingerprint density at radius 1 is 1.14 bits per heavy atom. The van der Waals surface area contributed by atoms with E-state index in [1.165, 1.54) is 47.5 Å². The van der Waals surface area contributed by atoms with E-state index in [0.717, 1.165) is 21.9 Å². The van der Waals surface area contributed by atoms with Crippen molar-refractivity contribution in [2.75, 3.05) is 36.0 Å². The number of carbonyl (C=O) groups is 4. The highest BCUT2D eigenvalue weighted by Gasteiger charge is 2.49. The number of amides is 3.